The van der Waals surface area contributed by atoms with Gasteiger partial charge in [0.15, 0.2) is 0 Å². The number of nitrogens with two attached hydrogens (primary N) is 1. The van der Waals surface area contributed by atoms with Crippen LogP contribution in [0.3, 0.4) is 0 Å². The van der Waals surface area contributed by atoms with Gasteiger partial charge in [-0.2, -0.15) is 0 Å². The van der Waals surface area contributed by atoms with Gasteiger partial charge in [-0.3, -0.25) is 4.90 Å². The molecule has 0 saturated heterocycles. The molecule has 2 N–H and O–H groups in total. The number of nitrogens with zero attached hydrogens (tertiary/aromatic N) is 1. The van der Waals surface area contributed by atoms with Crippen molar-refractivity contribution in [3.63, 3.8) is 0 Å². The van der Waals surface area contributed by atoms with Gasteiger partial charge in [0.2, 0.25) is 0 Å². The van der Waals surface area contributed by atoms with Gasteiger partial charge in [-0.25, -0.2) is 0 Å². The number of hydrogen-bond acceptors (Lipinski definition) is 2. The molecule has 20 heavy (non-hydrogen) atoms. The summed E-state index contributed by atoms with van der Waals surface area (Å²) in [5.41, 5.74) is 7.40. The highest BCUT2D eigenvalue weighted by molar-refractivity contribution is 5.82. The zero-order valence-corrected chi connectivity index (χ0v) is 12.9. The normalized spacial score (nSPS) is 12.2. The molecule has 0 radical (unpaired) electrons. The van der Waals surface area contributed by atoms with Crippen molar-refractivity contribution in [2.45, 2.75) is 27.3 Å². The molecule has 0 aromatic heterocycles. The minimum absolute atomic E-state index is 0.173. The molecule has 2 aromatic rings. The highest BCUT2D eigenvalue weighted by Gasteiger charge is 2.19. The maximum absolute atomic E-state index is 5.85. The van der Waals surface area contributed by atoms with Crippen molar-refractivity contribution in [1.29, 1.82) is 0 Å². The molecule has 0 aliphatic carbocycles. The first-order valence-electron chi connectivity index (χ1n) is 7.44. The molecule has 0 heterocycles. The smallest absolute Gasteiger partial charge is 0.0234 e. The maximum Gasteiger partial charge on any atom is 0.0234 e. The fourth-order valence-corrected chi connectivity index (χ4v) is 2.54. The van der Waals surface area contributed by atoms with Crippen LogP contribution in [0.2, 0.25) is 0 Å². The van der Waals surface area contributed by atoms with Crippen LogP contribution in [0.1, 0.15) is 26.3 Å². The first kappa shape index (κ1) is 15.0. The lowest BCUT2D eigenvalue weighted by atomic mass is 9.93. The highest BCUT2D eigenvalue weighted by atomic mass is 15.1. The van der Waals surface area contributed by atoms with E-state index in [2.05, 4.69) is 68.1 Å². The van der Waals surface area contributed by atoms with Crippen molar-refractivity contribution < 1.29 is 0 Å². The molecular formula is C18H26N2. The quantitative estimate of drug-likeness (QED) is 0.868. The van der Waals surface area contributed by atoms with E-state index >= 15 is 0 Å². The number of fused-ring (bicyclic) bond motifs is 1. The van der Waals surface area contributed by atoms with Crippen molar-refractivity contribution >= 4 is 10.8 Å². The van der Waals surface area contributed by atoms with Crippen molar-refractivity contribution in [1.82, 2.24) is 4.90 Å². The SMILES string of the molecule is CCN(Cc1ccc2ccccc2c1)CC(C)(C)CN. The molecule has 0 fully saturated rings. The summed E-state index contributed by atoms with van der Waals surface area (Å²) in [6.07, 6.45) is 0. The molecule has 2 rings (SSSR count). The second-order valence-corrected chi connectivity index (χ2v) is 6.35. The Morgan fingerprint density at radius 1 is 1.05 bits per heavy atom. The van der Waals surface area contributed by atoms with Gasteiger partial charge in [0.25, 0.3) is 0 Å². The Hall–Kier alpha value is -1.38. The van der Waals surface area contributed by atoms with E-state index in [1.54, 1.807) is 0 Å². The third-order valence-electron chi connectivity index (χ3n) is 3.87. The molecule has 0 spiro atoms. The van der Waals surface area contributed by atoms with Crippen molar-refractivity contribution in [2.75, 3.05) is 19.6 Å². The first-order chi connectivity index (χ1) is 9.54. The van der Waals surface area contributed by atoms with Crippen LogP contribution >= 0.6 is 0 Å². The second-order valence-electron chi connectivity index (χ2n) is 6.35. The molecule has 108 valence electrons. The summed E-state index contributed by atoms with van der Waals surface area (Å²) in [5.74, 6) is 0. The van der Waals surface area contributed by atoms with Gasteiger partial charge in [0.1, 0.15) is 0 Å². The monoisotopic (exact) mass is 270 g/mol. The van der Waals surface area contributed by atoms with Gasteiger partial charge in [-0.15, -0.1) is 0 Å². The number of hydrogen-bond donors (Lipinski definition) is 1. The highest BCUT2D eigenvalue weighted by Crippen LogP contribution is 2.19. The Bertz CT molecular complexity index is 560. The average Bonchev–Trinajstić information content (AvgIpc) is 2.46. The third-order valence-corrected chi connectivity index (χ3v) is 3.87. The van der Waals surface area contributed by atoms with Crippen LogP contribution in [0, 0.1) is 5.41 Å². The minimum atomic E-state index is 0.173. The van der Waals surface area contributed by atoms with Gasteiger partial charge < -0.3 is 5.73 Å². The first-order valence-corrected chi connectivity index (χ1v) is 7.44. The third kappa shape index (κ3) is 3.81. The summed E-state index contributed by atoms with van der Waals surface area (Å²) in [6.45, 7) is 10.5. The maximum atomic E-state index is 5.85. The van der Waals surface area contributed by atoms with E-state index in [4.69, 9.17) is 5.73 Å². The van der Waals surface area contributed by atoms with Crippen molar-refractivity contribution in [2.24, 2.45) is 11.1 Å². The van der Waals surface area contributed by atoms with E-state index in [0.717, 1.165) is 26.2 Å². The van der Waals surface area contributed by atoms with Crippen molar-refractivity contribution in [3.8, 4) is 0 Å². The Labute approximate surface area is 122 Å². The Morgan fingerprint density at radius 3 is 2.40 bits per heavy atom. The molecule has 0 saturated carbocycles. The van der Waals surface area contributed by atoms with E-state index in [9.17, 15) is 0 Å². The lowest BCUT2D eigenvalue weighted by molar-refractivity contribution is 0.183. The van der Waals surface area contributed by atoms with E-state index in [0.29, 0.717) is 0 Å². The largest absolute Gasteiger partial charge is 0.330 e. The summed E-state index contributed by atoms with van der Waals surface area (Å²) in [7, 11) is 0. The molecule has 0 bridgehead atoms. The zero-order valence-electron chi connectivity index (χ0n) is 12.9. The summed E-state index contributed by atoms with van der Waals surface area (Å²) in [4.78, 5) is 2.47. The molecule has 0 amide bonds. The Balaban J connectivity index is 2.13. The predicted molar refractivity (Wildman–Crippen MR) is 87.7 cm³/mol. The van der Waals surface area contributed by atoms with Gasteiger partial charge in [-0.05, 0) is 40.9 Å². The standard InChI is InChI=1S/C18H26N2/c1-4-20(14-18(2,3)13-19)12-15-9-10-16-7-5-6-8-17(16)11-15/h5-11H,4,12-14,19H2,1-3H3. The van der Waals surface area contributed by atoms with Crippen LogP contribution in [0.15, 0.2) is 42.5 Å². The van der Waals surface area contributed by atoms with E-state index in [1.165, 1.54) is 16.3 Å². The van der Waals surface area contributed by atoms with Gasteiger partial charge >= 0.3 is 0 Å². The number of benzene rings is 2. The lowest BCUT2D eigenvalue weighted by Crippen LogP contribution is -2.38. The lowest BCUT2D eigenvalue weighted by Gasteiger charge is -2.31. The fourth-order valence-electron chi connectivity index (χ4n) is 2.54. The van der Waals surface area contributed by atoms with Gasteiger partial charge in [0.05, 0.1) is 0 Å². The zero-order chi connectivity index (χ0) is 14.6. The summed E-state index contributed by atoms with van der Waals surface area (Å²) < 4.78 is 0. The molecule has 2 nitrogen and oxygen atoms in total. The van der Waals surface area contributed by atoms with Crippen LogP contribution < -0.4 is 5.73 Å². The van der Waals surface area contributed by atoms with E-state index in [1.807, 2.05) is 0 Å². The van der Waals surface area contributed by atoms with Crippen LogP contribution in [-0.2, 0) is 6.54 Å². The van der Waals surface area contributed by atoms with Crippen LogP contribution in [0.4, 0.5) is 0 Å². The van der Waals surface area contributed by atoms with Crippen molar-refractivity contribution in [3.05, 3.63) is 48.0 Å². The molecule has 2 aromatic carbocycles. The molecule has 0 aliphatic heterocycles. The molecule has 2 heteroatoms. The van der Waals surface area contributed by atoms with Gasteiger partial charge in [-0.1, -0.05) is 57.2 Å². The Morgan fingerprint density at radius 2 is 1.75 bits per heavy atom. The van der Waals surface area contributed by atoms with E-state index < -0.39 is 0 Å². The van der Waals surface area contributed by atoms with Crippen LogP contribution in [-0.4, -0.2) is 24.5 Å². The van der Waals surface area contributed by atoms with Crippen LogP contribution in [0.5, 0.6) is 0 Å². The minimum Gasteiger partial charge on any atom is -0.330 e. The number of rotatable bonds is 6. The average molecular weight is 270 g/mol. The molecule has 0 atom stereocenters. The van der Waals surface area contributed by atoms with Crippen LogP contribution in [0.25, 0.3) is 10.8 Å². The predicted octanol–water partition coefficient (Wildman–Crippen LogP) is 3.65. The molecule has 0 aliphatic rings. The Kier molecular flexibility index (Phi) is 4.79. The summed E-state index contributed by atoms with van der Waals surface area (Å²) in [5, 5.41) is 2.63. The van der Waals surface area contributed by atoms with Gasteiger partial charge in [0, 0.05) is 13.1 Å². The second kappa shape index (κ2) is 6.38. The summed E-state index contributed by atoms with van der Waals surface area (Å²) >= 11 is 0. The molecular weight excluding hydrogens is 244 g/mol. The van der Waals surface area contributed by atoms with E-state index in [-0.39, 0.29) is 5.41 Å². The topological polar surface area (TPSA) is 29.3 Å². The molecule has 0 unspecified atom stereocenters. The fraction of sp³-hybridized carbons (Fsp3) is 0.444. The summed E-state index contributed by atoms with van der Waals surface area (Å²) in [6, 6.07) is 15.3.